The Balaban J connectivity index is 1.62. The largest absolute Gasteiger partial charge is 0.457 e. The Kier molecular flexibility index (Phi) is 7.38. The third-order valence-corrected chi connectivity index (χ3v) is 4.97. The third kappa shape index (κ3) is 5.81. The van der Waals surface area contributed by atoms with Crippen molar-refractivity contribution in [2.45, 2.75) is 26.2 Å². The fraction of sp³-hybridized carbons (Fsp3) is 0.208. The maximum atomic E-state index is 14.5. The molecule has 3 N–H and O–H groups in total. The number of anilines is 2. The van der Waals surface area contributed by atoms with Gasteiger partial charge in [-0.3, -0.25) is 9.78 Å². The zero-order valence-electron chi connectivity index (χ0n) is 18.1. The van der Waals surface area contributed by atoms with E-state index in [4.69, 9.17) is 4.74 Å². The van der Waals surface area contributed by atoms with Crippen molar-refractivity contribution in [1.29, 1.82) is 0 Å². The van der Waals surface area contributed by atoms with Gasteiger partial charge in [-0.15, -0.1) is 0 Å². The summed E-state index contributed by atoms with van der Waals surface area (Å²) in [4.78, 5) is 27.9. The van der Waals surface area contributed by atoms with Gasteiger partial charge in [-0.05, 0) is 48.2 Å². The van der Waals surface area contributed by atoms with Crippen LogP contribution in [-0.2, 0) is 0 Å². The lowest BCUT2D eigenvalue weighted by atomic mass is 9.99. The number of amides is 3. The van der Waals surface area contributed by atoms with Crippen LogP contribution >= 0.6 is 0 Å². The Hall–Kier alpha value is -3.94. The molecule has 2 aromatic carbocycles. The van der Waals surface area contributed by atoms with E-state index in [0.29, 0.717) is 17.4 Å². The molecule has 0 aliphatic heterocycles. The van der Waals surface area contributed by atoms with E-state index in [1.807, 2.05) is 24.3 Å². The minimum Gasteiger partial charge on any atom is -0.457 e. The summed E-state index contributed by atoms with van der Waals surface area (Å²) in [7, 11) is 1.50. The van der Waals surface area contributed by atoms with E-state index < -0.39 is 11.8 Å². The van der Waals surface area contributed by atoms with Gasteiger partial charge in [0.05, 0.1) is 5.69 Å². The zero-order valence-corrected chi connectivity index (χ0v) is 18.1. The van der Waals surface area contributed by atoms with Crippen LogP contribution in [0.4, 0.5) is 20.6 Å². The molecular formula is C24H25FN4O3. The van der Waals surface area contributed by atoms with Gasteiger partial charge in [0.1, 0.15) is 23.0 Å². The van der Waals surface area contributed by atoms with Crippen LogP contribution in [0.3, 0.4) is 0 Å². The molecule has 0 bridgehead atoms. The highest BCUT2D eigenvalue weighted by Crippen LogP contribution is 2.26. The average Bonchev–Trinajstić information content (AvgIpc) is 2.80. The number of urea groups is 1. The SMILES string of the molecule is CCC(C)c1ccc(NC(=O)Nc2ccc(Oc3ccnc(C(=O)NC)c3)cc2F)cc1. The number of hydrogen-bond donors (Lipinski definition) is 3. The monoisotopic (exact) mass is 436 g/mol. The molecule has 1 atom stereocenters. The molecule has 0 spiro atoms. The first-order valence-corrected chi connectivity index (χ1v) is 10.2. The molecule has 0 saturated heterocycles. The molecule has 32 heavy (non-hydrogen) atoms. The molecule has 0 aliphatic rings. The lowest BCUT2D eigenvalue weighted by Crippen LogP contribution is -2.20. The van der Waals surface area contributed by atoms with E-state index in [-0.39, 0.29) is 23.0 Å². The van der Waals surface area contributed by atoms with Crippen molar-refractivity contribution < 1.29 is 18.7 Å². The number of carbonyl (C=O) groups excluding carboxylic acids is 2. The van der Waals surface area contributed by atoms with Gasteiger partial charge >= 0.3 is 6.03 Å². The number of aromatic nitrogens is 1. The second kappa shape index (κ2) is 10.4. The van der Waals surface area contributed by atoms with Gasteiger partial charge in [-0.2, -0.15) is 0 Å². The summed E-state index contributed by atoms with van der Waals surface area (Å²) in [5.74, 6) is -0.0391. The Labute approximate surface area is 186 Å². The number of pyridine rings is 1. The topological polar surface area (TPSA) is 92.3 Å². The fourth-order valence-electron chi connectivity index (χ4n) is 2.94. The molecule has 0 aliphatic carbocycles. The molecule has 1 unspecified atom stereocenters. The van der Waals surface area contributed by atoms with Crippen molar-refractivity contribution in [3.63, 3.8) is 0 Å². The summed E-state index contributed by atoms with van der Waals surface area (Å²) in [6, 6.07) is 14.1. The van der Waals surface area contributed by atoms with Gasteiger partial charge in [0.2, 0.25) is 0 Å². The number of nitrogens with zero attached hydrogens (tertiary/aromatic N) is 1. The predicted octanol–water partition coefficient (Wildman–Crippen LogP) is 5.53. The highest BCUT2D eigenvalue weighted by atomic mass is 19.1. The standard InChI is InChI=1S/C24H25FN4O3/c1-4-15(2)16-5-7-17(8-6-16)28-24(31)29-21-10-9-18(13-20(21)25)32-19-11-12-27-22(14-19)23(30)26-3/h5-15H,4H2,1-3H3,(H,26,30)(H2,28,29,31). The van der Waals surface area contributed by atoms with Crippen LogP contribution in [-0.4, -0.2) is 24.0 Å². The molecule has 8 heteroatoms. The average molecular weight is 436 g/mol. The number of rotatable bonds is 7. The second-order valence-corrected chi connectivity index (χ2v) is 7.21. The Bertz CT molecular complexity index is 1100. The molecule has 7 nitrogen and oxygen atoms in total. The van der Waals surface area contributed by atoms with E-state index in [0.717, 1.165) is 12.5 Å². The van der Waals surface area contributed by atoms with Crippen LogP contribution in [0.15, 0.2) is 60.8 Å². The Morgan fingerprint density at radius 3 is 2.41 bits per heavy atom. The molecular weight excluding hydrogens is 411 g/mol. The zero-order chi connectivity index (χ0) is 23.1. The molecule has 0 radical (unpaired) electrons. The van der Waals surface area contributed by atoms with E-state index in [9.17, 15) is 14.0 Å². The summed E-state index contributed by atoms with van der Waals surface area (Å²) < 4.78 is 20.1. The molecule has 1 aromatic heterocycles. The minimum atomic E-state index is -0.662. The maximum absolute atomic E-state index is 14.5. The molecule has 1 heterocycles. The summed E-state index contributed by atoms with van der Waals surface area (Å²) in [6.07, 6.45) is 2.45. The van der Waals surface area contributed by atoms with Crippen molar-refractivity contribution in [2.75, 3.05) is 17.7 Å². The number of halogens is 1. The van der Waals surface area contributed by atoms with Crippen LogP contribution in [0, 0.1) is 5.82 Å². The molecule has 166 valence electrons. The second-order valence-electron chi connectivity index (χ2n) is 7.21. The summed E-state index contributed by atoms with van der Waals surface area (Å²) in [6.45, 7) is 4.26. The Morgan fingerprint density at radius 1 is 1.03 bits per heavy atom. The highest BCUT2D eigenvalue weighted by Gasteiger charge is 2.11. The van der Waals surface area contributed by atoms with E-state index in [2.05, 4.69) is 34.8 Å². The smallest absolute Gasteiger partial charge is 0.323 e. The number of carbonyl (C=O) groups is 2. The number of hydrogen-bond acceptors (Lipinski definition) is 4. The van der Waals surface area contributed by atoms with Crippen molar-refractivity contribution >= 4 is 23.3 Å². The van der Waals surface area contributed by atoms with Gasteiger partial charge in [-0.25, -0.2) is 9.18 Å². The normalized spacial score (nSPS) is 11.4. The fourth-order valence-corrected chi connectivity index (χ4v) is 2.94. The molecule has 0 saturated carbocycles. The third-order valence-electron chi connectivity index (χ3n) is 4.97. The van der Waals surface area contributed by atoms with Crippen LogP contribution < -0.4 is 20.7 Å². The summed E-state index contributed by atoms with van der Waals surface area (Å²) >= 11 is 0. The molecule has 3 aromatic rings. The Morgan fingerprint density at radius 2 is 1.75 bits per heavy atom. The molecule has 0 fully saturated rings. The highest BCUT2D eigenvalue weighted by molar-refractivity contribution is 5.99. The van der Waals surface area contributed by atoms with Crippen LogP contribution in [0.1, 0.15) is 42.2 Å². The van der Waals surface area contributed by atoms with Crippen LogP contribution in [0.5, 0.6) is 11.5 Å². The van der Waals surface area contributed by atoms with E-state index >= 15 is 0 Å². The summed E-state index contributed by atoms with van der Waals surface area (Å²) in [5.41, 5.74) is 1.99. The van der Waals surface area contributed by atoms with Gasteiger partial charge in [0, 0.05) is 31.1 Å². The van der Waals surface area contributed by atoms with Gasteiger partial charge in [0.25, 0.3) is 5.91 Å². The number of benzene rings is 2. The summed E-state index contributed by atoms with van der Waals surface area (Å²) in [5, 5.41) is 7.64. The maximum Gasteiger partial charge on any atom is 0.323 e. The lowest BCUT2D eigenvalue weighted by Gasteiger charge is -2.12. The van der Waals surface area contributed by atoms with Gasteiger partial charge in [0.15, 0.2) is 0 Å². The number of ether oxygens (including phenoxy) is 1. The van der Waals surface area contributed by atoms with Crippen molar-refractivity contribution in [3.05, 3.63) is 77.9 Å². The van der Waals surface area contributed by atoms with E-state index in [1.165, 1.54) is 37.0 Å². The van der Waals surface area contributed by atoms with Crippen LogP contribution in [0.25, 0.3) is 0 Å². The first-order chi connectivity index (χ1) is 15.4. The quantitative estimate of drug-likeness (QED) is 0.454. The lowest BCUT2D eigenvalue weighted by molar-refractivity contribution is 0.0958. The van der Waals surface area contributed by atoms with Crippen LogP contribution in [0.2, 0.25) is 0 Å². The predicted molar refractivity (Wildman–Crippen MR) is 122 cm³/mol. The molecule has 3 rings (SSSR count). The van der Waals surface area contributed by atoms with Crippen molar-refractivity contribution in [2.24, 2.45) is 0 Å². The molecule has 3 amide bonds. The van der Waals surface area contributed by atoms with Gasteiger partial charge < -0.3 is 20.7 Å². The first-order valence-electron chi connectivity index (χ1n) is 10.2. The van der Waals surface area contributed by atoms with Crippen molar-refractivity contribution in [1.82, 2.24) is 10.3 Å². The first kappa shape index (κ1) is 22.7. The van der Waals surface area contributed by atoms with Crippen molar-refractivity contribution in [3.8, 4) is 11.5 Å². The van der Waals surface area contributed by atoms with Gasteiger partial charge in [-0.1, -0.05) is 26.0 Å². The number of nitrogens with one attached hydrogen (secondary N) is 3. The van der Waals surface area contributed by atoms with E-state index in [1.54, 1.807) is 6.07 Å². The minimum absolute atomic E-state index is 0.00635.